The fourth-order valence-corrected chi connectivity index (χ4v) is 5.51. The van der Waals surface area contributed by atoms with Gasteiger partial charge in [-0.05, 0) is 54.8 Å². The Morgan fingerprint density at radius 1 is 0.892 bits per heavy atom. The lowest BCUT2D eigenvalue weighted by Gasteiger charge is -2.21. The van der Waals surface area contributed by atoms with Crippen molar-refractivity contribution in [2.24, 2.45) is 0 Å². The number of aryl methyl sites for hydroxylation is 2. The predicted octanol–water partition coefficient (Wildman–Crippen LogP) is 7.37. The van der Waals surface area contributed by atoms with Crippen LogP contribution in [-0.2, 0) is 6.54 Å². The van der Waals surface area contributed by atoms with Crippen molar-refractivity contribution >= 4 is 43.5 Å². The highest BCUT2D eigenvalue weighted by Crippen LogP contribution is 2.34. The van der Waals surface area contributed by atoms with Crippen LogP contribution in [0.1, 0.15) is 27.0 Å². The van der Waals surface area contributed by atoms with Crippen LogP contribution in [0.2, 0.25) is 0 Å². The monoisotopic (exact) mass is 500 g/mol. The topological polar surface area (TPSA) is 59.0 Å². The van der Waals surface area contributed by atoms with Gasteiger partial charge in [-0.25, -0.2) is 9.97 Å². The van der Waals surface area contributed by atoms with Crippen LogP contribution in [0.4, 0.5) is 5.13 Å². The van der Waals surface area contributed by atoms with Crippen LogP contribution >= 0.6 is 11.3 Å². The van der Waals surface area contributed by atoms with E-state index in [4.69, 9.17) is 9.97 Å². The van der Waals surface area contributed by atoms with Gasteiger partial charge in [0.2, 0.25) is 0 Å². The lowest BCUT2D eigenvalue weighted by atomic mass is 10.0. The first-order chi connectivity index (χ1) is 18.1. The summed E-state index contributed by atoms with van der Waals surface area (Å²) in [7, 11) is 0. The zero-order chi connectivity index (χ0) is 25.4. The number of hydrogen-bond acceptors (Lipinski definition) is 5. The van der Waals surface area contributed by atoms with Crippen LogP contribution < -0.4 is 4.90 Å². The van der Waals surface area contributed by atoms with Gasteiger partial charge in [0.05, 0.1) is 33.5 Å². The molecule has 3 aromatic carbocycles. The van der Waals surface area contributed by atoms with Gasteiger partial charge in [0.15, 0.2) is 5.13 Å². The molecular formula is C31H24N4OS. The van der Waals surface area contributed by atoms with E-state index in [0.29, 0.717) is 17.2 Å². The van der Waals surface area contributed by atoms with Crippen LogP contribution in [0.5, 0.6) is 0 Å². The summed E-state index contributed by atoms with van der Waals surface area (Å²) in [5.41, 5.74) is 7.30. The first kappa shape index (κ1) is 23.0. The van der Waals surface area contributed by atoms with Crippen LogP contribution in [0.25, 0.3) is 32.4 Å². The highest BCUT2D eigenvalue weighted by molar-refractivity contribution is 7.22. The molecule has 0 aliphatic rings. The number of para-hydroxylation sites is 1. The lowest BCUT2D eigenvalue weighted by molar-refractivity contribution is 0.0986. The average molecular weight is 501 g/mol. The molecule has 0 bridgehead atoms. The molecule has 3 heterocycles. The molecule has 1 amide bonds. The summed E-state index contributed by atoms with van der Waals surface area (Å²) in [6, 6.07) is 27.7. The maximum atomic E-state index is 14.4. The Kier molecular flexibility index (Phi) is 5.94. The molecule has 0 radical (unpaired) electrons. The van der Waals surface area contributed by atoms with Gasteiger partial charge in [0.25, 0.3) is 5.91 Å². The smallest absolute Gasteiger partial charge is 0.261 e. The third kappa shape index (κ3) is 4.36. The summed E-state index contributed by atoms with van der Waals surface area (Å²) < 4.78 is 1.06. The van der Waals surface area contributed by atoms with E-state index in [-0.39, 0.29) is 5.91 Å². The van der Waals surface area contributed by atoms with Crippen molar-refractivity contribution in [2.45, 2.75) is 20.4 Å². The summed E-state index contributed by atoms with van der Waals surface area (Å²) in [4.78, 5) is 30.3. The Hall–Kier alpha value is -4.42. The van der Waals surface area contributed by atoms with Gasteiger partial charge >= 0.3 is 0 Å². The molecule has 0 saturated heterocycles. The zero-order valence-corrected chi connectivity index (χ0v) is 21.4. The molecule has 0 aliphatic carbocycles. The van der Waals surface area contributed by atoms with E-state index in [1.165, 1.54) is 16.9 Å². The van der Waals surface area contributed by atoms with E-state index in [2.05, 4.69) is 31.0 Å². The number of aromatic nitrogens is 3. The zero-order valence-electron chi connectivity index (χ0n) is 20.6. The minimum atomic E-state index is -0.118. The molecule has 0 unspecified atom stereocenters. The molecule has 6 heteroatoms. The molecule has 6 aromatic rings. The number of pyridine rings is 2. The molecule has 0 aliphatic heterocycles. The molecule has 6 rings (SSSR count). The van der Waals surface area contributed by atoms with Crippen LogP contribution in [-0.4, -0.2) is 20.9 Å². The molecule has 0 atom stereocenters. The maximum Gasteiger partial charge on any atom is 0.261 e. The van der Waals surface area contributed by atoms with Gasteiger partial charge in [-0.1, -0.05) is 72.0 Å². The van der Waals surface area contributed by atoms with Gasteiger partial charge < -0.3 is 0 Å². The SMILES string of the molecule is Cc1ccc2sc(N(Cc3cccnc3)C(=O)c3cc(-c4ccccc4)nc4ccccc34)nc2c1C. The van der Waals surface area contributed by atoms with Crippen molar-refractivity contribution in [3.8, 4) is 11.3 Å². The number of carbonyl (C=O) groups excluding carboxylic acids is 1. The molecule has 5 nitrogen and oxygen atoms in total. The van der Waals surface area contributed by atoms with Gasteiger partial charge in [-0.2, -0.15) is 0 Å². The highest BCUT2D eigenvalue weighted by atomic mass is 32.1. The highest BCUT2D eigenvalue weighted by Gasteiger charge is 2.25. The van der Waals surface area contributed by atoms with Crippen molar-refractivity contribution in [2.75, 3.05) is 4.90 Å². The average Bonchev–Trinajstić information content (AvgIpc) is 3.39. The van der Waals surface area contributed by atoms with E-state index >= 15 is 0 Å². The molecule has 0 fully saturated rings. The number of amides is 1. The molecule has 180 valence electrons. The van der Waals surface area contributed by atoms with Crippen molar-refractivity contribution < 1.29 is 4.79 Å². The number of fused-ring (bicyclic) bond motifs is 2. The Morgan fingerprint density at radius 3 is 2.51 bits per heavy atom. The van der Waals surface area contributed by atoms with Gasteiger partial charge in [-0.3, -0.25) is 14.7 Å². The third-order valence-electron chi connectivity index (χ3n) is 6.63. The van der Waals surface area contributed by atoms with Gasteiger partial charge in [0.1, 0.15) is 0 Å². The first-order valence-corrected chi connectivity index (χ1v) is 12.9. The predicted molar refractivity (Wildman–Crippen MR) is 151 cm³/mol. The maximum absolute atomic E-state index is 14.4. The summed E-state index contributed by atoms with van der Waals surface area (Å²) >= 11 is 1.53. The Labute approximate surface area is 219 Å². The first-order valence-electron chi connectivity index (χ1n) is 12.1. The molecule has 0 spiro atoms. The molecular weight excluding hydrogens is 476 g/mol. The van der Waals surface area contributed by atoms with Crippen LogP contribution in [0.3, 0.4) is 0 Å². The normalized spacial score (nSPS) is 11.2. The minimum Gasteiger partial charge on any atom is -0.279 e. The summed E-state index contributed by atoms with van der Waals surface area (Å²) in [5.74, 6) is -0.118. The summed E-state index contributed by atoms with van der Waals surface area (Å²) in [5, 5.41) is 1.48. The molecule has 3 aromatic heterocycles. The van der Waals surface area contributed by atoms with Crippen molar-refractivity contribution in [3.05, 3.63) is 120 Å². The van der Waals surface area contributed by atoms with Crippen molar-refractivity contribution in [1.29, 1.82) is 0 Å². The second-order valence-corrected chi connectivity index (χ2v) is 10.1. The number of hydrogen-bond donors (Lipinski definition) is 0. The number of nitrogens with zero attached hydrogens (tertiary/aromatic N) is 4. The fraction of sp³-hybridized carbons (Fsp3) is 0.0968. The number of anilines is 1. The summed E-state index contributed by atoms with van der Waals surface area (Å²) in [6.45, 7) is 4.53. The molecule has 37 heavy (non-hydrogen) atoms. The van der Waals surface area contributed by atoms with Gasteiger partial charge in [-0.15, -0.1) is 0 Å². The quantitative estimate of drug-likeness (QED) is 0.248. The molecule has 0 N–H and O–H groups in total. The number of carbonyl (C=O) groups is 1. The fourth-order valence-electron chi connectivity index (χ4n) is 4.48. The van der Waals surface area contributed by atoms with Crippen molar-refractivity contribution in [1.82, 2.24) is 15.0 Å². The Morgan fingerprint density at radius 2 is 1.70 bits per heavy atom. The summed E-state index contributed by atoms with van der Waals surface area (Å²) in [6.07, 6.45) is 3.53. The Bertz CT molecular complexity index is 1750. The van der Waals surface area contributed by atoms with Crippen LogP contribution in [0.15, 0.2) is 97.3 Å². The lowest BCUT2D eigenvalue weighted by Crippen LogP contribution is -2.30. The number of thiazole rings is 1. The second-order valence-electron chi connectivity index (χ2n) is 9.04. The standard InChI is InChI=1S/C31H24N4OS/c1-20-14-15-28-29(21(20)2)34-31(37-28)35(19-22-9-8-16-32-18-22)30(36)25-17-27(23-10-4-3-5-11-23)33-26-13-7-6-12-24(25)26/h3-18H,19H2,1-2H3. The van der Waals surface area contributed by atoms with E-state index in [1.54, 1.807) is 17.3 Å². The van der Waals surface area contributed by atoms with Crippen molar-refractivity contribution in [3.63, 3.8) is 0 Å². The van der Waals surface area contributed by atoms with Crippen LogP contribution in [0, 0.1) is 13.8 Å². The largest absolute Gasteiger partial charge is 0.279 e. The Balaban J connectivity index is 1.53. The minimum absolute atomic E-state index is 0.118. The van der Waals surface area contributed by atoms with Gasteiger partial charge in [0, 0.05) is 23.3 Å². The van der Waals surface area contributed by atoms with E-state index in [0.717, 1.165) is 43.5 Å². The van der Waals surface area contributed by atoms with E-state index in [9.17, 15) is 4.79 Å². The second kappa shape index (κ2) is 9.56. The van der Waals surface area contributed by atoms with E-state index < -0.39 is 0 Å². The molecule has 0 saturated carbocycles. The number of rotatable bonds is 5. The van der Waals surface area contributed by atoms with E-state index in [1.807, 2.05) is 72.8 Å². The number of benzene rings is 3. The third-order valence-corrected chi connectivity index (χ3v) is 7.67.